The van der Waals surface area contributed by atoms with Crippen LogP contribution in [0.15, 0.2) is 18.2 Å². The third kappa shape index (κ3) is 2.34. The first-order valence-corrected chi connectivity index (χ1v) is 5.29. The molecule has 0 aliphatic heterocycles. The lowest BCUT2D eigenvalue weighted by atomic mass is 10.3. The number of nitrogens with zero attached hydrogens (tertiary/aromatic N) is 2. The minimum absolute atomic E-state index is 0.00521. The second-order valence-corrected chi connectivity index (χ2v) is 3.58. The van der Waals surface area contributed by atoms with Gasteiger partial charge >= 0.3 is 0 Å². The first-order valence-electron chi connectivity index (χ1n) is 5.29. The number of imidazole rings is 1. The molecule has 17 heavy (non-hydrogen) atoms. The van der Waals surface area contributed by atoms with E-state index in [2.05, 4.69) is 15.3 Å². The molecule has 4 N–H and O–H groups in total. The standard InChI is InChI=1S/C10H13N5O2/c11-5-2-6-12-10-13-7-3-1-4-8(15(16)17)9(7)14-10/h1,3-4H,2,5-6,11H2,(H2,12,13,14). The van der Waals surface area contributed by atoms with Crippen molar-refractivity contribution < 1.29 is 4.92 Å². The SMILES string of the molecule is NCCCNc1nc2c([N+](=O)[O-])cccc2[nH]1. The van der Waals surface area contributed by atoms with Crippen LogP contribution < -0.4 is 11.1 Å². The molecule has 2 aromatic rings. The smallest absolute Gasteiger partial charge is 0.297 e. The lowest BCUT2D eigenvalue weighted by Gasteiger charge is -1.98. The van der Waals surface area contributed by atoms with E-state index in [4.69, 9.17) is 5.73 Å². The van der Waals surface area contributed by atoms with Crippen LogP contribution in [0.1, 0.15) is 6.42 Å². The van der Waals surface area contributed by atoms with Crippen LogP contribution in [-0.4, -0.2) is 28.0 Å². The Hall–Kier alpha value is -2.15. The first kappa shape index (κ1) is 11.3. The summed E-state index contributed by atoms with van der Waals surface area (Å²) >= 11 is 0. The summed E-state index contributed by atoms with van der Waals surface area (Å²) in [4.78, 5) is 17.5. The van der Waals surface area contributed by atoms with Gasteiger partial charge in [-0.3, -0.25) is 10.1 Å². The molecule has 0 unspecified atom stereocenters. The number of anilines is 1. The number of nitro benzene ring substituents is 1. The second-order valence-electron chi connectivity index (χ2n) is 3.58. The van der Waals surface area contributed by atoms with Gasteiger partial charge in [0.05, 0.1) is 10.4 Å². The fourth-order valence-electron chi connectivity index (χ4n) is 1.56. The van der Waals surface area contributed by atoms with Crippen LogP contribution in [0.25, 0.3) is 11.0 Å². The summed E-state index contributed by atoms with van der Waals surface area (Å²) in [6.07, 6.45) is 0.819. The van der Waals surface area contributed by atoms with Gasteiger partial charge in [-0.15, -0.1) is 0 Å². The molecule has 90 valence electrons. The number of para-hydroxylation sites is 1. The molecule has 2 rings (SSSR count). The number of hydrogen-bond acceptors (Lipinski definition) is 5. The van der Waals surface area contributed by atoms with Crippen molar-refractivity contribution in [1.82, 2.24) is 9.97 Å². The number of nitrogens with one attached hydrogen (secondary N) is 2. The monoisotopic (exact) mass is 235 g/mol. The minimum atomic E-state index is -0.438. The Balaban J connectivity index is 2.30. The van der Waals surface area contributed by atoms with E-state index in [0.717, 1.165) is 6.42 Å². The highest BCUT2D eigenvalue weighted by Gasteiger charge is 2.14. The zero-order valence-corrected chi connectivity index (χ0v) is 9.14. The lowest BCUT2D eigenvalue weighted by Crippen LogP contribution is -2.09. The quantitative estimate of drug-likeness (QED) is 0.410. The Morgan fingerprint density at radius 1 is 1.53 bits per heavy atom. The first-order chi connectivity index (χ1) is 8.22. The van der Waals surface area contributed by atoms with Gasteiger partial charge in [0.1, 0.15) is 0 Å². The normalized spacial score (nSPS) is 10.6. The van der Waals surface area contributed by atoms with E-state index in [1.807, 2.05) is 0 Å². The molecular weight excluding hydrogens is 222 g/mol. The number of hydrogen-bond donors (Lipinski definition) is 3. The molecular formula is C10H13N5O2. The molecule has 0 aliphatic carbocycles. The predicted octanol–water partition coefficient (Wildman–Crippen LogP) is 1.23. The molecule has 0 atom stereocenters. The number of fused-ring (bicyclic) bond motifs is 1. The summed E-state index contributed by atoms with van der Waals surface area (Å²) in [6, 6.07) is 4.82. The van der Waals surface area contributed by atoms with Gasteiger partial charge < -0.3 is 16.0 Å². The maximum atomic E-state index is 10.8. The van der Waals surface area contributed by atoms with E-state index >= 15 is 0 Å². The molecule has 0 amide bonds. The summed E-state index contributed by atoms with van der Waals surface area (Å²) in [5.74, 6) is 0.530. The number of H-pyrrole nitrogens is 1. The maximum absolute atomic E-state index is 10.8. The zero-order chi connectivity index (χ0) is 12.3. The maximum Gasteiger partial charge on any atom is 0.297 e. The summed E-state index contributed by atoms with van der Waals surface area (Å²) < 4.78 is 0. The van der Waals surface area contributed by atoms with E-state index in [-0.39, 0.29) is 5.69 Å². The Kier molecular flexibility index (Phi) is 3.20. The fourth-order valence-corrected chi connectivity index (χ4v) is 1.56. The van der Waals surface area contributed by atoms with Gasteiger partial charge in [0.25, 0.3) is 5.69 Å². The van der Waals surface area contributed by atoms with Crippen molar-refractivity contribution in [2.75, 3.05) is 18.4 Å². The molecule has 0 fully saturated rings. The molecule has 1 aromatic heterocycles. The number of benzene rings is 1. The Bertz CT molecular complexity index is 536. The number of aromatic nitrogens is 2. The number of aromatic amines is 1. The van der Waals surface area contributed by atoms with E-state index in [1.54, 1.807) is 12.1 Å². The van der Waals surface area contributed by atoms with E-state index in [0.29, 0.717) is 30.1 Å². The molecule has 1 aromatic carbocycles. The van der Waals surface area contributed by atoms with Crippen molar-refractivity contribution >= 4 is 22.7 Å². The van der Waals surface area contributed by atoms with Gasteiger partial charge in [0.2, 0.25) is 5.95 Å². The highest BCUT2D eigenvalue weighted by molar-refractivity contribution is 5.86. The molecule has 0 radical (unpaired) electrons. The van der Waals surface area contributed by atoms with Crippen molar-refractivity contribution in [2.24, 2.45) is 5.73 Å². The van der Waals surface area contributed by atoms with Crippen LogP contribution in [0.3, 0.4) is 0 Å². The molecule has 0 bridgehead atoms. The highest BCUT2D eigenvalue weighted by Crippen LogP contribution is 2.24. The van der Waals surface area contributed by atoms with Gasteiger partial charge in [0, 0.05) is 12.6 Å². The summed E-state index contributed by atoms with van der Waals surface area (Å²) in [5.41, 5.74) is 6.39. The van der Waals surface area contributed by atoms with E-state index < -0.39 is 4.92 Å². The molecule has 7 heteroatoms. The summed E-state index contributed by atoms with van der Waals surface area (Å²) in [7, 11) is 0. The van der Waals surface area contributed by atoms with Crippen LogP contribution in [0.4, 0.5) is 11.6 Å². The average molecular weight is 235 g/mol. The third-order valence-electron chi connectivity index (χ3n) is 2.36. The van der Waals surface area contributed by atoms with Crippen molar-refractivity contribution in [1.29, 1.82) is 0 Å². The molecule has 0 saturated heterocycles. The van der Waals surface area contributed by atoms with Gasteiger partial charge in [0.15, 0.2) is 5.52 Å². The number of non-ortho nitro benzene ring substituents is 1. The molecule has 0 spiro atoms. The van der Waals surface area contributed by atoms with Crippen molar-refractivity contribution in [3.63, 3.8) is 0 Å². The molecule has 0 aliphatic rings. The van der Waals surface area contributed by atoms with Crippen molar-refractivity contribution in [3.05, 3.63) is 28.3 Å². The molecule has 0 saturated carbocycles. The van der Waals surface area contributed by atoms with Crippen molar-refractivity contribution in [3.8, 4) is 0 Å². The van der Waals surface area contributed by atoms with Gasteiger partial charge in [-0.25, -0.2) is 4.98 Å². The lowest BCUT2D eigenvalue weighted by molar-refractivity contribution is -0.383. The van der Waals surface area contributed by atoms with Crippen LogP contribution in [-0.2, 0) is 0 Å². The minimum Gasteiger partial charge on any atom is -0.356 e. The highest BCUT2D eigenvalue weighted by atomic mass is 16.6. The van der Waals surface area contributed by atoms with E-state index in [9.17, 15) is 10.1 Å². The largest absolute Gasteiger partial charge is 0.356 e. The fraction of sp³-hybridized carbons (Fsp3) is 0.300. The predicted molar refractivity (Wildman–Crippen MR) is 64.9 cm³/mol. The summed E-state index contributed by atoms with van der Waals surface area (Å²) in [6.45, 7) is 1.28. The molecule has 7 nitrogen and oxygen atoms in total. The van der Waals surface area contributed by atoms with Crippen molar-refractivity contribution in [2.45, 2.75) is 6.42 Å². The van der Waals surface area contributed by atoms with Crippen LogP contribution in [0, 0.1) is 10.1 Å². The number of rotatable bonds is 5. The van der Waals surface area contributed by atoms with Gasteiger partial charge in [-0.2, -0.15) is 0 Å². The topological polar surface area (TPSA) is 110 Å². The third-order valence-corrected chi connectivity index (χ3v) is 2.36. The van der Waals surface area contributed by atoms with Crippen LogP contribution in [0.2, 0.25) is 0 Å². The van der Waals surface area contributed by atoms with E-state index in [1.165, 1.54) is 6.07 Å². The van der Waals surface area contributed by atoms with Gasteiger partial charge in [-0.05, 0) is 19.0 Å². The Morgan fingerprint density at radius 2 is 2.35 bits per heavy atom. The number of nitrogens with two attached hydrogens (primary N) is 1. The molecule has 1 heterocycles. The summed E-state index contributed by atoms with van der Waals surface area (Å²) in [5, 5.41) is 13.8. The van der Waals surface area contributed by atoms with Crippen LogP contribution >= 0.6 is 0 Å². The second kappa shape index (κ2) is 4.79. The van der Waals surface area contributed by atoms with Crippen LogP contribution in [0.5, 0.6) is 0 Å². The zero-order valence-electron chi connectivity index (χ0n) is 9.14. The Morgan fingerprint density at radius 3 is 3.06 bits per heavy atom. The average Bonchev–Trinajstić information content (AvgIpc) is 2.71. The Labute approximate surface area is 97.2 Å². The number of nitro groups is 1. The van der Waals surface area contributed by atoms with Gasteiger partial charge in [-0.1, -0.05) is 6.07 Å².